The highest BCUT2D eigenvalue weighted by Gasteiger charge is 2.38. The number of nitrogens with one attached hydrogen (secondary N) is 3. The predicted octanol–water partition coefficient (Wildman–Crippen LogP) is 1.96. The van der Waals surface area contributed by atoms with Gasteiger partial charge in [0, 0.05) is 49.9 Å². The van der Waals surface area contributed by atoms with Gasteiger partial charge < -0.3 is 16.0 Å². The second-order valence-electron chi connectivity index (χ2n) is 9.99. The molecule has 0 radical (unpaired) electrons. The smallest absolute Gasteiger partial charge is 0.270 e. The van der Waals surface area contributed by atoms with Crippen molar-refractivity contribution in [1.29, 1.82) is 0 Å². The third-order valence-electron chi connectivity index (χ3n) is 7.56. The molecular weight excluding hydrogens is 402 g/mol. The Morgan fingerprint density at radius 1 is 1.25 bits per heavy atom. The summed E-state index contributed by atoms with van der Waals surface area (Å²) in [5.74, 6) is 0.912. The zero-order chi connectivity index (χ0) is 22.1. The van der Waals surface area contributed by atoms with Gasteiger partial charge in [0.25, 0.3) is 5.91 Å². The number of aromatic nitrogens is 1. The van der Waals surface area contributed by atoms with Crippen molar-refractivity contribution in [2.75, 3.05) is 26.2 Å². The lowest BCUT2D eigenvalue weighted by Crippen LogP contribution is -2.62. The fourth-order valence-electron chi connectivity index (χ4n) is 5.39. The summed E-state index contributed by atoms with van der Waals surface area (Å²) >= 11 is 0. The van der Waals surface area contributed by atoms with E-state index in [1.165, 1.54) is 5.57 Å². The zero-order valence-corrected chi connectivity index (χ0v) is 19.0. The Kier molecular flexibility index (Phi) is 6.28. The van der Waals surface area contributed by atoms with Crippen LogP contribution in [0.1, 0.15) is 61.5 Å². The summed E-state index contributed by atoms with van der Waals surface area (Å²) in [4.78, 5) is 31.3. The molecule has 3 fully saturated rings. The maximum atomic E-state index is 12.3. The molecule has 3 N–H and O–H groups in total. The molecule has 0 bridgehead atoms. The lowest BCUT2D eigenvalue weighted by molar-refractivity contribution is -0.129. The SMILES string of the molecule is CCC1CC2NCC(CN3CC=C(c4ccc(C(=O)NC5CC5)nc4)CC3)CC2NC1=O. The molecule has 1 aliphatic carbocycles. The van der Waals surface area contributed by atoms with Crippen LogP contribution in [0.3, 0.4) is 0 Å². The summed E-state index contributed by atoms with van der Waals surface area (Å²) < 4.78 is 0. The van der Waals surface area contributed by atoms with Crippen molar-refractivity contribution in [2.24, 2.45) is 11.8 Å². The minimum absolute atomic E-state index is 0.0643. The third-order valence-corrected chi connectivity index (χ3v) is 7.56. The number of fused-ring (bicyclic) bond motifs is 1. The topological polar surface area (TPSA) is 86.4 Å². The summed E-state index contributed by atoms with van der Waals surface area (Å²) in [7, 11) is 0. The molecule has 2 saturated heterocycles. The first-order valence-electron chi connectivity index (χ1n) is 12.3. The number of piperidine rings is 2. The van der Waals surface area contributed by atoms with E-state index in [2.05, 4.69) is 38.8 Å². The average molecular weight is 438 g/mol. The first-order chi connectivity index (χ1) is 15.6. The Morgan fingerprint density at radius 3 is 2.81 bits per heavy atom. The molecule has 4 unspecified atom stereocenters. The Balaban J connectivity index is 1.12. The number of hydrogen-bond acceptors (Lipinski definition) is 5. The molecule has 7 nitrogen and oxygen atoms in total. The maximum absolute atomic E-state index is 12.3. The molecule has 32 heavy (non-hydrogen) atoms. The van der Waals surface area contributed by atoms with Gasteiger partial charge in [-0.15, -0.1) is 0 Å². The average Bonchev–Trinajstić information content (AvgIpc) is 3.63. The maximum Gasteiger partial charge on any atom is 0.270 e. The van der Waals surface area contributed by atoms with Crippen LogP contribution in [0.25, 0.3) is 5.57 Å². The molecule has 4 atom stereocenters. The number of nitrogens with zero attached hydrogens (tertiary/aromatic N) is 2. The molecule has 0 spiro atoms. The van der Waals surface area contributed by atoms with Crippen molar-refractivity contribution in [3.05, 3.63) is 35.7 Å². The van der Waals surface area contributed by atoms with E-state index >= 15 is 0 Å². The molecule has 2 amide bonds. The van der Waals surface area contributed by atoms with Crippen LogP contribution in [0.4, 0.5) is 0 Å². The van der Waals surface area contributed by atoms with Gasteiger partial charge in [-0.25, -0.2) is 0 Å². The second-order valence-corrected chi connectivity index (χ2v) is 9.99. The minimum Gasteiger partial charge on any atom is -0.352 e. The minimum atomic E-state index is -0.0643. The summed E-state index contributed by atoms with van der Waals surface area (Å²) in [6, 6.07) is 4.93. The van der Waals surface area contributed by atoms with Gasteiger partial charge in [-0.2, -0.15) is 0 Å². The van der Waals surface area contributed by atoms with Gasteiger partial charge in [-0.05, 0) is 68.2 Å². The van der Waals surface area contributed by atoms with Crippen molar-refractivity contribution in [2.45, 2.75) is 63.6 Å². The zero-order valence-electron chi connectivity index (χ0n) is 19.0. The third kappa shape index (κ3) is 4.89. The fraction of sp³-hybridized carbons (Fsp3) is 0.640. The molecule has 172 valence electrons. The number of amides is 2. The monoisotopic (exact) mass is 437 g/mol. The molecule has 4 heterocycles. The molecule has 4 aliphatic rings. The largest absolute Gasteiger partial charge is 0.352 e. The Bertz CT molecular complexity index is 879. The number of pyridine rings is 1. The van der Waals surface area contributed by atoms with E-state index in [1.54, 1.807) is 0 Å². The highest BCUT2D eigenvalue weighted by molar-refractivity contribution is 5.92. The normalized spacial score (nSPS) is 30.8. The van der Waals surface area contributed by atoms with Gasteiger partial charge in [-0.3, -0.25) is 19.5 Å². The number of hydrogen-bond donors (Lipinski definition) is 3. The number of rotatable bonds is 6. The number of carbonyl (C=O) groups excluding carboxylic acids is 2. The van der Waals surface area contributed by atoms with Gasteiger partial charge in [0.1, 0.15) is 5.69 Å². The molecule has 7 heteroatoms. The van der Waals surface area contributed by atoms with Crippen LogP contribution in [0, 0.1) is 11.8 Å². The van der Waals surface area contributed by atoms with E-state index in [9.17, 15) is 9.59 Å². The standard InChI is InChI=1S/C25H35N5O2/c1-2-17-12-22-23(29-24(17)31)11-16(13-26-22)15-30-9-7-18(8-10-30)19-3-6-21(27-14-19)25(32)28-20-4-5-20/h3,6-7,14,16-17,20,22-23,26H,2,4-5,8-13,15H2,1H3,(H,28,32)(H,29,31). The van der Waals surface area contributed by atoms with E-state index in [0.29, 0.717) is 23.7 Å². The molecule has 1 saturated carbocycles. The van der Waals surface area contributed by atoms with E-state index in [-0.39, 0.29) is 23.8 Å². The lowest BCUT2D eigenvalue weighted by atomic mass is 9.80. The van der Waals surface area contributed by atoms with Gasteiger partial charge >= 0.3 is 0 Å². The molecule has 5 rings (SSSR count). The fourth-order valence-corrected chi connectivity index (χ4v) is 5.39. The van der Waals surface area contributed by atoms with Crippen LogP contribution in [0.5, 0.6) is 0 Å². The van der Waals surface area contributed by atoms with Crippen molar-refractivity contribution in [3.63, 3.8) is 0 Å². The quantitative estimate of drug-likeness (QED) is 0.633. The van der Waals surface area contributed by atoms with Gasteiger partial charge in [-0.1, -0.05) is 19.1 Å². The lowest BCUT2D eigenvalue weighted by Gasteiger charge is -2.44. The van der Waals surface area contributed by atoms with Gasteiger partial charge in [0.15, 0.2) is 0 Å². The van der Waals surface area contributed by atoms with Gasteiger partial charge in [0.05, 0.1) is 0 Å². The Labute approximate surface area is 190 Å². The van der Waals surface area contributed by atoms with Crippen LogP contribution >= 0.6 is 0 Å². The first kappa shape index (κ1) is 21.6. The van der Waals surface area contributed by atoms with E-state index in [0.717, 1.165) is 70.3 Å². The van der Waals surface area contributed by atoms with E-state index < -0.39 is 0 Å². The van der Waals surface area contributed by atoms with Crippen LogP contribution in [-0.2, 0) is 4.79 Å². The van der Waals surface area contributed by atoms with E-state index in [1.807, 2.05) is 18.3 Å². The van der Waals surface area contributed by atoms with Crippen molar-refractivity contribution >= 4 is 17.4 Å². The van der Waals surface area contributed by atoms with Crippen LogP contribution in [0.15, 0.2) is 24.4 Å². The first-order valence-corrected chi connectivity index (χ1v) is 12.3. The highest BCUT2D eigenvalue weighted by atomic mass is 16.2. The molecule has 1 aromatic heterocycles. The highest BCUT2D eigenvalue weighted by Crippen LogP contribution is 2.28. The molecule has 3 aliphatic heterocycles. The van der Waals surface area contributed by atoms with Crippen LogP contribution in [-0.4, -0.2) is 66.0 Å². The van der Waals surface area contributed by atoms with Crippen molar-refractivity contribution < 1.29 is 9.59 Å². The predicted molar refractivity (Wildman–Crippen MR) is 124 cm³/mol. The molecule has 1 aromatic rings. The molecule has 0 aromatic carbocycles. The Hall–Kier alpha value is -2.25. The summed E-state index contributed by atoms with van der Waals surface area (Å²) in [6.45, 7) is 6.17. The summed E-state index contributed by atoms with van der Waals surface area (Å²) in [5.41, 5.74) is 2.93. The summed E-state index contributed by atoms with van der Waals surface area (Å²) in [6.07, 6.45) is 10.3. The Morgan fingerprint density at radius 2 is 2.12 bits per heavy atom. The molecular formula is C25H35N5O2. The van der Waals surface area contributed by atoms with Crippen LogP contribution < -0.4 is 16.0 Å². The van der Waals surface area contributed by atoms with Crippen LogP contribution in [0.2, 0.25) is 0 Å². The summed E-state index contributed by atoms with van der Waals surface area (Å²) in [5, 5.41) is 9.97. The van der Waals surface area contributed by atoms with E-state index in [4.69, 9.17) is 0 Å². The number of carbonyl (C=O) groups is 2. The van der Waals surface area contributed by atoms with Crippen molar-refractivity contribution in [1.82, 2.24) is 25.8 Å². The van der Waals surface area contributed by atoms with Gasteiger partial charge in [0.2, 0.25) is 5.91 Å². The van der Waals surface area contributed by atoms with Crippen molar-refractivity contribution in [3.8, 4) is 0 Å². The second kappa shape index (κ2) is 9.32.